The molecule has 1 N–H and O–H groups in total. The lowest BCUT2D eigenvalue weighted by molar-refractivity contribution is 0.548. The summed E-state index contributed by atoms with van der Waals surface area (Å²) >= 11 is 0. The fourth-order valence-electron chi connectivity index (χ4n) is 1.92. The smallest absolute Gasteiger partial charge is 0.207 e. The number of benzene rings is 1. The van der Waals surface area contributed by atoms with Gasteiger partial charge in [-0.05, 0) is 13.3 Å². The van der Waals surface area contributed by atoms with Crippen LogP contribution in [0.3, 0.4) is 0 Å². The SMILES string of the molecule is CCCCn1cc(C)nc1Nc1c(F)cc(F)cc1F. The summed E-state index contributed by atoms with van der Waals surface area (Å²) in [6, 6.07) is 1.27. The van der Waals surface area contributed by atoms with Crippen LogP contribution in [0.2, 0.25) is 0 Å². The number of aromatic nitrogens is 2. The van der Waals surface area contributed by atoms with E-state index in [-0.39, 0.29) is 0 Å². The maximum Gasteiger partial charge on any atom is 0.207 e. The first-order valence-electron chi connectivity index (χ1n) is 6.46. The average molecular weight is 283 g/mol. The zero-order valence-electron chi connectivity index (χ0n) is 11.4. The predicted molar refractivity (Wildman–Crippen MR) is 71.5 cm³/mol. The quantitative estimate of drug-likeness (QED) is 0.893. The molecule has 1 heterocycles. The van der Waals surface area contributed by atoms with Crippen LogP contribution in [0.4, 0.5) is 24.8 Å². The summed E-state index contributed by atoms with van der Waals surface area (Å²) in [5.41, 5.74) is 0.348. The maximum atomic E-state index is 13.6. The molecule has 0 atom stereocenters. The summed E-state index contributed by atoms with van der Waals surface area (Å²) in [6.45, 7) is 4.55. The number of halogens is 3. The van der Waals surface area contributed by atoms with Crippen molar-refractivity contribution in [2.45, 2.75) is 33.2 Å². The zero-order valence-corrected chi connectivity index (χ0v) is 11.4. The standard InChI is InChI=1S/C14H16F3N3/c1-3-4-5-20-8-9(2)18-14(20)19-13-11(16)6-10(15)7-12(13)17/h6-8H,3-5H2,1-2H3,(H,18,19). The summed E-state index contributed by atoms with van der Waals surface area (Å²) in [5.74, 6) is -2.56. The number of aryl methyl sites for hydroxylation is 2. The number of unbranched alkanes of at least 4 members (excludes halogenated alkanes) is 1. The predicted octanol–water partition coefficient (Wildman–Crippen LogP) is 4.15. The van der Waals surface area contributed by atoms with Gasteiger partial charge in [-0.3, -0.25) is 0 Å². The first kappa shape index (κ1) is 14.4. The third-order valence-corrected chi connectivity index (χ3v) is 2.89. The van der Waals surface area contributed by atoms with Crippen molar-refractivity contribution in [3.8, 4) is 0 Å². The monoisotopic (exact) mass is 283 g/mol. The minimum absolute atomic E-state index is 0.348. The number of hydrogen-bond acceptors (Lipinski definition) is 2. The van der Waals surface area contributed by atoms with Crippen LogP contribution >= 0.6 is 0 Å². The number of nitrogens with zero attached hydrogens (tertiary/aromatic N) is 2. The Hall–Kier alpha value is -1.98. The van der Waals surface area contributed by atoms with Crippen LogP contribution in [0, 0.1) is 24.4 Å². The van der Waals surface area contributed by atoms with Gasteiger partial charge >= 0.3 is 0 Å². The first-order chi connectivity index (χ1) is 9.51. The zero-order chi connectivity index (χ0) is 14.7. The van der Waals surface area contributed by atoms with E-state index in [0.717, 1.165) is 18.5 Å². The maximum absolute atomic E-state index is 13.6. The van der Waals surface area contributed by atoms with Gasteiger partial charge in [-0.2, -0.15) is 0 Å². The molecule has 0 aliphatic rings. The normalized spacial score (nSPS) is 10.8. The van der Waals surface area contributed by atoms with E-state index in [1.807, 2.05) is 0 Å². The van der Waals surface area contributed by atoms with E-state index in [2.05, 4.69) is 17.2 Å². The van der Waals surface area contributed by atoms with Crippen molar-refractivity contribution in [2.24, 2.45) is 0 Å². The molecule has 1 aromatic heterocycles. The van der Waals surface area contributed by atoms with Crippen LogP contribution in [-0.4, -0.2) is 9.55 Å². The highest BCUT2D eigenvalue weighted by Gasteiger charge is 2.14. The number of rotatable bonds is 5. The Morgan fingerprint density at radius 1 is 1.20 bits per heavy atom. The fraction of sp³-hybridized carbons (Fsp3) is 0.357. The summed E-state index contributed by atoms with van der Waals surface area (Å²) in [7, 11) is 0. The molecule has 0 fully saturated rings. The van der Waals surface area contributed by atoms with Crippen LogP contribution in [0.25, 0.3) is 0 Å². The number of hydrogen-bond donors (Lipinski definition) is 1. The van der Waals surface area contributed by atoms with Gasteiger partial charge in [-0.15, -0.1) is 0 Å². The van der Waals surface area contributed by atoms with Crippen molar-refractivity contribution >= 4 is 11.6 Å². The van der Waals surface area contributed by atoms with Crippen molar-refractivity contribution in [1.82, 2.24) is 9.55 Å². The second kappa shape index (κ2) is 5.98. The molecule has 0 aliphatic carbocycles. The molecule has 0 saturated heterocycles. The van der Waals surface area contributed by atoms with Crippen molar-refractivity contribution in [3.63, 3.8) is 0 Å². The minimum Gasteiger partial charge on any atom is -0.321 e. The van der Waals surface area contributed by atoms with Gasteiger partial charge in [0.2, 0.25) is 5.95 Å². The van der Waals surface area contributed by atoms with Crippen molar-refractivity contribution in [1.29, 1.82) is 0 Å². The number of anilines is 2. The molecule has 0 radical (unpaired) electrons. The third kappa shape index (κ3) is 3.12. The van der Waals surface area contributed by atoms with Crippen LogP contribution in [0.1, 0.15) is 25.5 Å². The van der Waals surface area contributed by atoms with E-state index >= 15 is 0 Å². The molecule has 108 valence electrons. The summed E-state index contributed by atoms with van der Waals surface area (Å²) < 4.78 is 41.9. The number of imidazole rings is 1. The van der Waals surface area contributed by atoms with E-state index < -0.39 is 23.1 Å². The van der Waals surface area contributed by atoms with Gasteiger partial charge in [-0.25, -0.2) is 18.2 Å². The van der Waals surface area contributed by atoms with E-state index in [0.29, 0.717) is 24.6 Å². The van der Waals surface area contributed by atoms with E-state index in [1.54, 1.807) is 17.7 Å². The summed E-state index contributed by atoms with van der Waals surface area (Å²) in [4.78, 5) is 4.19. The molecule has 2 rings (SSSR count). The van der Waals surface area contributed by atoms with Crippen molar-refractivity contribution in [2.75, 3.05) is 5.32 Å². The van der Waals surface area contributed by atoms with Crippen molar-refractivity contribution in [3.05, 3.63) is 41.5 Å². The molecule has 0 unspecified atom stereocenters. The van der Waals surface area contributed by atoms with Crippen LogP contribution in [0.5, 0.6) is 0 Å². The second-order valence-corrected chi connectivity index (χ2v) is 4.62. The van der Waals surface area contributed by atoms with Crippen molar-refractivity contribution < 1.29 is 13.2 Å². The molecule has 6 heteroatoms. The van der Waals surface area contributed by atoms with E-state index in [4.69, 9.17) is 0 Å². The van der Waals surface area contributed by atoms with Gasteiger partial charge in [0.15, 0.2) is 11.6 Å². The van der Waals surface area contributed by atoms with Gasteiger partial charge < -0.3 is 9.88 Å². The van der Waals surface area contributed by atoms with Gasteiger partial charge in [0.05, 0.1) is 5.69 Å². The van der Waals surface area contributed by atoms with Gasteiger partial charge in [0.25, 0.3) is 0 Å². The largest absolute Gasteiger partial charge is 0.321 e. The molecular weight excluding hydrogens is 267 g/mol. The highest BCUT2D eigenvalue weighted by Crippen LogP contribution is 2.24. The molecule has 0 aliphatic heterocycles. The van der Waals surface area contributed by atoms with E-state index in [1.165, 1.54) is 0 Å². The molecule has 2 aromatic rings. The van der Waals surface area contributed by atoms with Crippen LogP contribution < -0.4 is 5.32 Å². The number of nitrogens with one attached hydrogen (secondary N) is 1. The average Bonchev–Trinajstić information content (AvgIpc) is 2.71. The summed E-state index contributed by atoms with van der Waals surface area (Å²) in [5, 5.41) is 2.60. The van der Waals surface area contributed by atoms with Crippen LogP contribution in [-0.2, 0) is 6.54 Å². The highest BCUT2D eigenvalue weighted by molar-refractivity contribution is 5.55. The fourth-order valence-corrected chi connectivity index (χ4v) is 1.92. The second-order valence-electron chi connectivity index (χ2n) is 4.62. The molecule has 3 nitrogen and oxygen atoms in total. The highest BCUT2D eigenvalue weighted by atomic mass is 19.1. The molecular formula is C14H16F3N3. The molecule has 0 spiro atoms. The Morgan fingerprint density at radius 2 is 1.85 bits per heavy atom. The molecule has 0 bridgehead atoms. The summed E-state index contributed by atoms with van der Waals surface area (Å²) in [6.07, 6.45) is 3.73. The molecule has 0 saturated carbocycles. The Balaban J connectivity index is 2.30. The minimum atomic E-state index is -0.981. The topological polar surface area (TPSA) is 29.9 Å². The van der Waals surface area contributed by atoms with Crippen LogP contribution in [0.15, 0.2) is 18.3 Å². The lowest BCUT2D eigenvalue weighted by Crippen LogP contribution is -2.06. The molecule has 0 amide bonds. The Morgan fingerprint density at radius 3 is 2.45 bits per heavy atom. The molecule has 1 aromatic carbocycles. The van der Waals surface area contributed by atoms with Gasteiger partial charge in [-0.1, -0.05) is 13.3 Å². The Kier molecular flexibility index (Phi) is 4.32. The Bertz CT molecular complexity index is 585. The third-order valence-electron chi connectivity index (χ3n) is 2.89. The Labute approximate surface area is 115 Å². The van der Waals surface area contributed by atoms with Gasteiger partial charge in [0.1, 0.15) is 11.5 Å². The lowest BCUT2D eigenvalue weighted by Gasteiger charge is -2.10. The van der Waals surface area contributed by atoms with Gasteiger partial charge in [0, 0.05) is 24.9 Å². The lowest BCUT2D eigenvalue weighted by atomic mass is 10.3. The molecule has 20 heavy (non-hydrogen) atoms. The first-order valence-corrected chi connectivity index (χ1v) is 6.46. The van der Waals surface area contributed by atoms with E-state index in [9.17, 15) is 13.2 Å².